The fraction of sp³-hybridized carbons (Fsp3) is 0.938. The van der Waals surface area contributed by atoms with E-state index >= 15 is 0 Å². The van der Waals surface area contributed by atoms with Crippen molar-refractivity contribution in [2.75, 3.05) is 24.6 Å². The maximum absolute atomic E-state index is 10.3. The number of rotatable bonds is 4. The summed E-state index contributed by atoms with van der Waals surface area (Å²) in [5, 5.41) is 17.2. The first-order chi connectivity index (χ1) is 10.1. The van der Waals surface area contributed by atoms with Gasteiger partial charge >= 0.3 is 0 Å². The summed E-state index contributed by atoms with van der Waals surface area (Å²) < 4.78 is 0. The number of guanidine groups is 1. The Kier molecular flexibility index (Phi) is 6.68. The quantitative estimate of drug-likeness (QED) is 0.551. The summed E-state index contributed by atoms with van der Waals surface area (Å²) in [5.74, 6) is 3.38. The van der Waals surface area contributed by atoms with Gasteiger partial charge in [0.15, 0.2) is 5.96 Å². The topological polar surface area (TPSA) is 56.7 Å². The monoisotopic (exact) mass is 313 g/mol. The molecule has 21 heavy (non-hydrogen) atoms. The number of aliphatic hydroxyl groups is 1. The Bertz CT molecular complexity index is 344. The predicted molar refractivity (Wildman–Crippen MR) is 92.0 cm³/mol. The normalized spacial score (nSPS) is 34.5. The number of nitrogens with one attached hydrogen (secondary N) is 2. The van der Waals surface area contributed by atoms with Crippen LogP contribution >= 0.6 is 11.8 Å². The van der Waals surface area contributed by atoms with Crippen molar-refractivity contribution in [1.82, 2.24) is 10.6 Å². The van der Waals surface area contributed by atoms with Gasteiger partial charge in [0, 0.05) is 23.8 Å². The molecule has 0 radical (unpaired) electrons. The van der Waals surface area contributed by atoms with Crippen molar-refractivity contribution in [2.45, 2.75) is 64.5 Å². The molecular formula is C16H31N3OS. The number of hydrogen-bond acceptors (Lipinski definition) is 3. The minimum Gasteiger partial charge on any atom is -0.392 e. The van der Waals surface area contributed by atoms with Crippen LogP contribution in [0.4, 0.5) is 0 Å². The molecule has 3 atom stereocenters. The zero-order chi connectivity index (χ0) is 15.1. The average molecular weight is 314 g/mol. The van der Waals surface area contributed by atoms with E-state index in [2.05, 4.69) is 24.5 Å². The fourth-order valence-electron chi connectivity index (χ4n) is 3.19. The van der Waals surface area contributed by atoms with Crippen LogP contribution < -0.4 is 10.6 Å². The lowest BCUT2D eigenvalue weighted by Crippen LogP contribution is -2.46. The first kappa shape index (κ1) is 16.9. The molecule has 1 heterocycles. The van der Waals surface area contributed by atoms with E-state index in [-0.39, 0.29) is 11.5 Å². The van der Waals surface area contributed by atoms with Gasteiger partial charge in [-0.3, -0.25) is 4.99 Å². The van der Waals surface area contributed by atoms with Gasteiger partial charge in [0.2, 0.25) is 0 Å². The van der Waals surface area contributed by atoms with E-state index in [1.165, 1.54) is 30.8 Å². The molecule has 0 bridgehead atoms. The van der Waals surface area contributed by atoms with E-state index in [0.29, 0.717) is 12.6 Å². The minimum atomic E-state index is -0.205. The average Bonchev–Trinajstić information content (AvgIpc) is 2.50. The van der Waals surface area contributed by atoms with Gasteiger partial charge in [-0.25, -0.2) is 0 Å². The standard InChI is InChI=1S/C16H31N3OS/c1-3-17-15(19-13-7-6-10-21-11-13)18-12-16(2)9-5-4-8-14(16)20/h13-14,20H,3-12H2,1-2H3,(H2,17,18,19). The fourth-order valence-corrected chi connectivity index (χ4v) is 4.27. The molecule has 1 saturated carbocycles. The smallest absolute Gasteiger partial charge is 0.191 e. The lowest BCUT2D eigenvalue weighted by molar-refractivity contribution is 0.00716. The third-order valence-electron chi connectivity index (χ3n) is 4.72. The first-order valence-electron chi connectivity index (χ1n) is 8.45. The Morgan fingerprint density at radius 2 is 2.19 bits per heavy atom. The van der Waals surface area contributed by atoms with Crippen LogP contribution in [0.3, 0.4) is 0 Å². The molecule has 3 unspecified atom stereocenters. The third-order valence-corrected chi connectivity index (χ3v) is 5.94. The molecule has 3 N–H and O–H groups in total. The van der Waals surface area contributed by atoms with Gasteiger partial charge in [-0.1, -0.05) is 19.8 Å². The SMILES string of the molecule is CCNC(=NCC1(C)CCCCC1O)NC1CCCSC1. The number of thioether (sulfide) groups is 1. The van der Waals surface area contributed by atoms with Crippen molar-refractivity contribution < 1.29 is 5.11 Å². The molecule has 2 aliphatic rings. The highest BCUT2D eigenvalue weighted by atomic mass is 32.2. The molecule has 4 nitrogen and oxygen atoms in total. The molecule has 0 aromatic rings. The van der Waals surface area contributed by atoms with E-state index in [1.54, 1.807) is 0 Å². The van der Waals surface area contributed by atoms with E-state index in [9.17, 15) is 5.11 Å². The molecule has 0 spiro atoms. The Morgan fingerprint density at radius 1 is 1.33 bits per heavy atom. The van der Waals surface area contributed by atoms with Gasteiger partial charge in [0.05, 0.1) is 12.6 Å². The molecule has 122 valence electrons. The van der Waals surface area contributed by atoms with Crippen LogP contribution in [-0.2, 0) is 0 Å². The highest BCUT2D eigenvalue weighted by Crippen LogP contribution is 2.36. The van der Waals surface area contributed by atoms with Crippen molar-refractivity contribution in [3.63, 3.8) is 0 Å². The van der Waals surface area contributed by atoms with Crippen molar-refractivity contribution >= 4 is 17.7 Å². The third kappa shape index (κ3) is 5.06. The summed E-state index contributed by atoms with van der Waals surface area (Å²) in [5.41, 5.74) is -0.0537. The highest BCUT2D eigenvalue weighted by molar-refractivity contribution is 7.99. The van der Waals surface area contributed by atoms with E-state index < -0.39 is 0 Å². The zero-order valence-electron chi connectivity index (χ0n) is 13.5. The van der Waals surface area contributed by atoms with Crippen molar-refractivity contribution in [1.29, 1.82) is 0 Å². The molecule has 0 amide bonds. The van der Waals surface area contributed by atoms with Crippen LogP contribution in [0.25, 0.3) is 0 Å². The predicted octanol–water partition coefficient (Wildman–Crippen LogP) is 2.38. The second-order valence-electron chi connectivity index (χ2n) is 6.67. The maximum Gasteiger partial charge on any atom is 0.191 e. The molecule has 5 heteroatoms. The van der Waals surface area contributed by atoms with Gasteiger partial charge < -0.3 is 15.7 Å². The summed E-state index contributed by atoms with van der Waals surface area (Å²) in [6.07, 6.45) is 6.69. The molecular weight excluding hydrogens is 282 g/mol. The van der Waals surface area contributed by atoms with Crippen LogP contribution in [0.2, 0.25) is 0 Å². The second-order valence-corrected chi connectivity index (χ2v) is 7.82. The van der Waals surface area contributed by atoms with Crippen LogP contribution in [0, 0.1) is 5.41 Å². The second kappa shape index (κ2) is 8.28. The highest BCUT2D eigenvalue weighted by Gasteiger charge is 2.35. The zero-order valence-corrected chi connectivity index (χ0v) is 14.3. The van der Waals surface area contributed by atoms with Crippen molar-refractivity contribution in [3.05, 3.63) is 0 Å². The molecule has 0 aromatic heterocycles. The molecule has 1 saturated heterocycles. The summed E-state index contributed by atoms with van der Waals surface area (Å²) in [4.78, 5) is 4.78. The van der Waals surface area contributed by atoms with Crippen LogP contribution in [0.1, 0.15) is 52.4 Å². The number of hydrogen-bond donors (Lipinski definition) is 3. The largest absolute Gasteiger partial charge is 0.392 e. The summed E-state index contributed by atoms with van der Waals surface area (Å²) in [6.45, 7) is 5.87. The Labute approximate surface area is 133 Å². The van der Waals surface area contributed by atoms with Crippen molar-refractivity contribution in [3.8, 4) is 0 Å². The first-order valence-corrected chi connectivity index (χ1v) is 9.60. The lowest BCUT2D eigenvalue weighted by Gasteiger charge is -2.37. The molecule has 2 rings (SSSR count). The van der Waals surface area contributed by atoms with Gasteiger partial charge in [0.25, 0.3) is 0 Å². The Morgan fingerprint density at radius 3 is 2.86 bits per heavy atom. The lowest BCUT2D eigenvalue weighted by atomic mass is 9.73. The van der Waals surface area contributed by atoms with Crippen molar-refractivity contribution in [2.24, 2.45) is 10.4 Å². The Balaban J connectivity index is 1.92. The minimum absolute atomic E-state index is 0.0537. The molecule has 1 aliphatic heterocycles. The summed E-state index contributed by atoms with van der Waals surface area (Å²) >= 11 is 2.02. The Hall–Kier alpha value is -0.420. The van der Waals surface area contributed by atoms with Gasteiger partial charge in [-0.15, -0.1) is 0 Å². The van der Waals surface area contributed by atoms with E-state index in [1.807, 2.05) is 11.8 Å². The van der Waals surface area contributed by atoms with Crippen LogP contribution in [-0.4, -0.2) is 47.8 Å². The number of nitrogens with zero attached hydrogens (tertiary/aromatic N) is 1. The number of aliphatic hydroxyl groups excluding tert-OH is 1. The molecule has 0 aromatic carbocycles. The molecule has 2 fully saturated rings. The molecule has 1 aliphatic carbocycles. The van der Waals surface area contributed by atoms with Gasteiger partial charge in [0.1, 0.15) is 0 Å². The summed E-state index contributed by atoms with van der Waals surface area (Å²) in [6, 6.07) is 0.533. The van der Waals surface area contributed by atoms with Crippen LogP contribution in [0.15, 0.2) is 4.99 Å². The van der Waals surface area contributed by atoms with Gasteiger partial charge in [-0.2, -0.15) is 11.8 Å². The maximum atomic E-state index is 10.3. The van der Waals surface area contributed by atoms with Crippen LogP contribution in [0.5, 0.6) is 0 Å². The van der Waals surface area contributed by atoms with E-state index in [4.69, 9.17) is 4.99 Å². The number of aliphatic imine (C=N–C) groups is 1. The van der Waals surface area contributed by atoms with Gasteiger partial charge in [-0.05, 0) is 38.4 Å². The van der Waals surface area contributed by atoms with E-state index in [0.717, 1.165) is 31.8 Å². The summed E-state index contributed by atoms with van der Waals surface area (Å²) in [7, 11) is 0.